The van der Waals surface area contributed by atoms with Crippen molar-refractivity contribution in [1.29, 1.82) is 0 Å². The van der Waals surface area contributed by atoms with Gasteiger partial charge in [-0.3, -0.25) is 0 Å². The van der Waals surface area contributed by atoms with Crippen LogP contribution in [-0.2, 0) is 0 Å². The standard InChI is InChI=1S/C19H39N/c1-3-5-6-7-8-9-10-12-18-15-17(11-4-2)13-14-19(18)16-20/h17-19H,3-16,20H2,1-2H3. The fourth-order valence-corrected chi connectivity index (χ4v) is 4.12. The van der Waals surface area contributed by atoms with Crippen LogP contribution in [0.25, 0.3) is 0 Å². The highest BCUT2D eigenvalue weighted by Gasteiger charge is 2.28. The molecule has 0 bridgehead atoms. The van der Waals surface area contributed by atoms with E-state index in [1.54, 1.807) is 0 Å². The van der Waals surface area contributed by atoms with Crippen molar-refractivity contribution < 1.29 is 0 Å². The summed E-state index contributed by atoms with van der Waals surface area (Å²) in [6.07, 6.45) is 18.7. The van der Waals surface area contributed by atoms with Crippen LogP contribution >= 0.6 is 0 Å². The molecule has 20 heavy (non-hydrogen) atoms. The lowest BCUT2D eigenvalue weighted by Crippen LogP contribution is -2.30. The summed E-state index contributed by atoms with van der Waals surface area (Å²) in [7, 11) is 0. The summed E-state index contributed by atoms with van der Waals surface area (Å²) in [5, 5.41) is 0. The normalized spacial score (nSPS) is 26.9. The van der Waals surface area contributed by atoms with Crippen molar-refractivity contribution in [3.8, 4) is 0 Å². The topological polar surface area (TPSA) is 26.0 Å². The van der Waals surface area contributed by atoms with Crippen molar-refractivity contribution >= 4 is 0 Å². The average molecular weight is 282 g/mol. The van der Waals surface area contributed by atoms with E-state index in [0.717, 1.165) is 24.3 Å². The van der Waals surface area contributed by atoms with Gasteiger partial charge in [0.1, 0.15) is 0 Å². The Morgan fingerprint density at radius 2 is 1.45 bits per heavy atom. The van der Waals surface area contributed by atoms with Crippen LogP contribution in [-0.4, -0.2) is 6.54 Å². The summed E-state index contributed by atoms with van der Waals surface area (Å²) in [4.78, 5) is 0. The first-order valence-electron chi connectivity index (χ1n) is 9.51. The Kier molecular flexibility index (Phi) is 10.4. The molecule has 1 nitrogen and oxygen atoms in total. The van der Waals surface area contributed by atoms with E-state index in [1.807, 2.05) is 0 Å². The zero-order valence-electron chi connectivity index (χ0n) is 14.2. The Morgan fingerprint density at radius 1 is 0.750 bits per heavy atom. The summed E-state index contributed by atoms with van der Waals surface area (Å²) >= 11 is 0. The van der Waals surface area contributed by atoms with Crippen LogP contribution in [0.15, 0.2) is 0 Å². The maximum absolute atomic E-state index is 6.00. The van der Waals surface area contributed by atoms with Gasteiger partial charge in [-0.15, -0.1) is 0 Å². The quantitative estimate of drug-likeness (QED) is 0.467. The number of rotatable bonds is 11. The molecule has 1 fully saturated rings. The Morgan fingerprint density at radius 3 is 2.10 bits per heavy atom. The largest absolute Gasteiger partial charge is 0.330 e. The van der Waals surface area contributed by atoms with E-state index in [0.29, 0.717) is 0 Å². The fourth-order valence-electron chi connectivity index (χ4n) is 4.12. The van der Waals surface area contributed by atoms with Gasteiger partial charge in [0.2, 0.25) is 0 Å². The van der Waals surface area contributed by atoms with E-state index < -0.39 is 0 Å². The van der Waals surface area contributed by atoms with Crippen LogP contribution in [0.1, 0.15) is 97.3 Å². The number of nitrogens with two attached hydrogens (primary N) is 1. The minimum absolute atomic E-state index is 0.836. The monoisotopic (exact) mass is 281 g/mol. The molecule has 0 spiro atoms. The predicted octanol–water partition coefficient (Wildman–Crippen LogP) is 5.92. The summed E-state index contributed by atoms with van der Waals surface area (Å²) in [6, 6.07) is 0. The second kappa shape index (κ2) is 11.6. The third-order valence-corrected chi connectivity index (χ3v) is 5.43. The SMILES string of the molecule is CCCCCCCCCC1CC(CCC)CCC1CN. The lowest BCUT2D eigenvalue weighted by atomic mass is 9.71. The third kappa shape index (κ3) is 7.11. The molecule has 2 N–H and O–H groups in total. The summed E-state index contributed by atoms with van der Waals surface area (Å²) in [5.41, 5.74) is 6.00. The average Bonchev–Trinajstić information content (AvgIpc) is 2.47. The third-order valence-electron chi connectivity index (χ3n) is 5.43. The van der Waals surface area contributed by atoms with Gasteiger partial charge in [0.05, 0.1) is 0 Å². The molecule has 0 radical (unpaired) electrons. The van der Waals surface area contributed by atoms with Crippen molar-refractivity contribution in [3.63, 3.8) is 0 Å². The zero-order valence-corrected chi connectivity index (χ0v) is 14.2. The first-order valence-corrected chi connectivity index (χ1v) is 9.51. The highest BCUT2D eigenvalue weighted by Crippen LogP contribution is 2.38. The minimum Gasteiger partial charge on any atom is -0.330 e. The molecule has 1 aliphatic rings. The summed E-state index contributed by atoms with van der Waals surface area (Å²) < 4.78 is 0. The second-order valence-electron chi connectivity index (χ2n) is 7.13. The van der Waals surface area contributed by atoms with Gasteiger partial charge in [-0.2, -0.15) is 0 Å². The maximum Gasteiger partial charge on any atom is -0.00462 e. The van der Waals surface area contributed by atoms with Gasteiger partial charge in [-0.1, -0.05) is 84.5 Å². The molecule has 1 heteroatoms. The fraction of sp³-hybridized carbons (Fsp3) is 1.00. The van der Waals surface area contributed by atoms with Crippen molar-refractivity contribution in [3.05, 3.63) is 0 Å². The minimum atomic E-state index is 0.836. The van der Waals surface area contributed by atoms with Crippen LogP contribution < -0.4 is 5.73 Å². The zero-order chi connectivity index (χ0) is 14.6. The van der Waals surface area contributed by atoms with Crippen LogP contribution in [0.5, 0.6) is 0 Å². The van der Waals surface area contributed by atoms with Gasteiger partial charge >= 0.3 is 0 Å². The van der Waals surface area contributed by atoms with Gasteiger partial charge in [-0.05, 0) is 37.1 Å². The van der Waals surface area contributed by atoms with Crippen molar-refractivity contribution in [2.24, 2.45) is 23.5 Å². The molecule has 3 unspecified atom stereocenters. The maximum atomic E-state index is 6.00. The molecule has 1 rings (SSSR count). The molecular weight excluding hydrogens is 242 g/mol. The first kappa shape index (κ1) is 18.0. The molecule has 0 aromatic heterocycles. The molecule has 0 heterocycles. The molecule has 0 aromatic carbocycles. The molecule has 3 atom stereocenters. The van der Waals surface area contributed by atoms with E-state index in [4.69, 9.17) is 5.73 Å². The van der Waals surface area contributed by atoms with E-state index in [9.17, 15) is 0 Å². The van der Waals surface area contributed by atoms with E-state index in [1.165, 1.54) is 83.5 Å². The van der Waals surface area contributed by atoms with Gasteiger partial charge in [0.25, 0.3) is 0 Å². The molecule has 1 saturated carbocycles. The Labute approximate surface area is 128 Å². The lowest BCUT2D eigenvalue weighted by molar-refractivity contribution is 0.164. The van der Waals surface area contributed by atoms with Gasteiger partial charge in [0.15, 0.2) is 0 Å². The highest BCUT2D eigenvalue weighted by molar-refractivity contribution is 4.80. The van der Waals surface area contributed by atoms with Gasteiger partial charge < -0.3 is 5.73 Å². The number of hydrogen-bond acceptors (Lipinski definition) is 1. The lowest BCUT2D eigenvalue weighted by Gasteiger charge is -2.36. The van der Waals surface area contributed by atoms with E-state index >= 15 is 0 Å². The molecular formula is C19H39N. The van der Waals surface area contributed by atoms with Crippen LogP contribution in [0, 0.1) is 17.8 Å². The molecule has 120 valence electrons. The summed E-state index contributed by atoms with van der Waals surface area (Å²) in [5.74, 6) is 2.79. The van der Waals surface area contributed by atoms with Crippen LogP contribution in [0.3, 0.4) is 0 Å². The Bertz CT molecular complexity index is 214. The Balaban J connectivity index is 2.14. The number of unbranched alkanes of at least 4 members (excludes halogenated alkanes) is 6. The van der Waals surface area contributed by atoms with Gasteiger partial charge in [-0.25, -0.2) is 0 Å². The highest BCUT2D eigenvalue weighted by atomic mass is 14.6. The molecule has 0 saturated heterocycles. The summed E-state index contributed by atoms with van der Waals surface area (Å²) in [6.45, 7) is 5.56. The van der Waals surface area contributed by atoms with Crippen molar-refractivity contribution in [2.75, 3.05) is 6.54 Å². The van der Waals surface area contributed by atoms with Crippen LogP contribution in [0.4, 0.5) is 0 Å². The van der Waals surface area contributed by atoms with Crippen molar-refractivity contribution in [2.45, 2.75) is 97.3 Å². The second-order valence-corrected chi connectivity index (χ2v) is 7.13. The first-order chi connectivity index (χ1) is 9.81. The van der Waals surface area contributed by atoms with Crippen LogP contribution in [0.2, 0.25) is 0 Å². The van der Waals surface area contributed by atoms with E-state index in [2.05, 4.69) is 13.8 Å². The molecule has 0 amide bonds. The molecule has 0 aliphatic heterocycles. The molecule has 1 aliphatic carbocycles. The molecule has 0 aromatic rings. The van der Waals surface area contributed by atoms with E-state index in [-0.39, 0.29) is 0 Å². The predicted molar refractivity (Wildman–Crippen MR) is 90.9 cm³/mol. The number of hydrogen-bond donors (Lipinski definition) is 1. The van der Waals surface area contributed by atoms with Crippen molar-refractivity contribution in [1.82, 2.24) is 0 Å². The van der Waals surface area contributed by atoms with Gasteiger partial charge in [0, 0.05) is 0 Å². The smallest absolute Gasteiger partial charge is 0.00462 e. The Hall–Kier alpha value is -0.0400.